The average molecular weight is 203 g/mol. The molecule has 1 aliphatic rings. The highest BCUT2D eigenvalue weighted by molar-refractivity contribution is 7.85. The largest absolute Gasteiger partial charge is 0.328 e. The number of rotatable bonds is 4. The van der Waals surface area contributed by atoms with Crippen molar-refractivity contribution < 1.29 is 4.21 Å². The van der Waals surface area contributed by atoms with E-state index in [0.29, 0.717) is 17.2 Å². The molecule has 0 aliphatic heterocycles. The molecule has 0 saturated heterocycles. The smallest absolute Gasteiger partial charge is 0.0363 e. The van der Waals surface area contributed by atoms with Crippen molar-refractivity contribution in [3.63, 3.8) is 0 Å². The number of hydrogen-bond donors (Lipinski definition) is 1. The topological polar surface area (TPSA) is 43.1 Å². The zero-order valence-electron chi connectivity index (χ0n) is 8.66. The molecule has 0 radical (unpaired) electrons. The molecule has 0 aromatic carbocycles. The molecule has 78 valence electrons. The van der Waals surface area contributed by atoms with Crippen LogP contribution in [0, 0.1) is 5.92 Å². The van der Waals surface area contributed by atoms with Crippen molar-refractivity contribution in [1.29, 1.82) is 0 Å². The molecule has 2 N–H and O–H groups in total. The lowest BCUT2D eigenvalue weighted by Crippen LogP contribution is -2.21. The first-order chi connectivity index (χ1) is 6.13. The minimum Gasteiger partial charge on any atom is -0.328 e. The van der Waals surface area contributed by atoms with Gasteiger partial charge in [-0.2, -0.15) is 0 Å². The van der Waals surface area contributed by atoms with E-state index in [1.54, 1.807) is 0 Å². The van der Waals surface area contributed by atoms with Gasteiger partial charge in [0, 0.05) is 27.8 Å². The maximum Gasteiger partial charge on any atom is 0.0363 e. The third-order valence-corrected chi connectivity index (χ3v) is 5.01. The maximum atomic E-state index is 11.8. The van der Waals surface area contributed by atoms with E-state index in [2.05, 4.69) is 13.8 Å². The minimum atomic E-state index is -0.626. The van der Waals surface area contributed by atoms with Gasteiger partial charge in [-0.3, -0.25) is 4.21 Å². The van der Waals surface area contributed by atoms with Crippen molar-refractivity contribution in [2.24, 2.45) is 11.7 Å². The Kier molecular flexibility index (Phi) is 4.39. The van der Waals surface area contributed by atoms with Crippen LogP contribution < -0.4 is 5.73 Å². The Morgan fingerprint density at radius 3 is 2.69 bits per heavy atom. The van der Waals surface area contributed by atoms with E-state index in [-0.39, 0.29) is 0 Å². The Bertz CT molecular complexity index is 184. The highest BCUT2D eigenvalue weighted by Crippen LogP contribution is 2.23. The molecule has 0 aromatic rings. The lowest BCUT2D eigenvalue weighted by atomic mass is 10.2. The van der Waals surface area contributed by atoms with E-state index in [4.69, 9.17) is 5.73 Å². The first kappa shape index (κ1) is 11.2. The van der Waals surface area contributed by atoms with Crippen molar-refractivity contribution in [3.05, 3.63) is 0 Å². The quantitative estimate of drug-likeness (QED) is 0.755. The van der Waals surface area contributed by atoms with E-state index in [1.165, 1.54) is 0 Å². The molecule has 1 fully saturated rings. The summed E-state index contributed by atoms with van der Waals surface area (Å²) in [6, 6.07) is 0.311. The van der Waals surface area contributed by atoms with Crippen molar-refractivity contribution in [2.45, 2.75) is 50.8 Å². The summed E-state index contributed by atoms with van der Waals surface area (Å²) in [4.78, 5) is 0. The molecule has 13 heavy (non-hydrogen) atoms. The highest BCUT2D eigenvalue weighted by Gasteiger charge is 2.26. The molecule has 1 rings (SSSR count). The molecule has 0 amide bonds. The summed E-state index contributed by atoms with van der Waals surface area (Å²) in [6.07, 6.45) is 4.24. The molecule has 4 unspecified atom stereocenters. The standard InChI is InChI=1S/C10H21NOS/c1-3-8(2)7-13(12)10-5-4-9(11)6-10/h8-10H,3-7,11H2,1-2H3. The summed E-state index contributed by atoms with van der Waals surface area (Å²) in [5.74, 6) is 1.46. The van der Waals surface area contributed by atoms with Crippen molar-refractivity contribution in [3.8, 4) is 0 Å². The van der Waals surface area contributed by atoms with Crippen LogP contribution in [0.4, 0.5) is 0 Å². The number of hydrogen-bond acceptors (Lipinski definition) is 2. The fraction of sp³-hybridized carbons (Fsp3) is 1.00. The lowest BCUT2D eigenvalue weighted by molar-refractivity contribution is 0.607. The third kappa shape index (κ3) is 3.39. The van der Waals surface area contributed by atoms with Crippen LogP contribution in [0.25, 0.3) is 0 Å². The van der Waals surface area contributed by atoms with Gasteiger partial charge in [0.15, 0.2) is 0 Å². The summed E-state index contributed by atoms with van der Waals surface area (Å²) in [5.41, 5.74) is 5.79. The van der Waals surface area contributed by atoms with E-state index in [9.17, 15) is 4.21 Å². The molecule has 0 spiro atoms. The first-order valence-electron chi connectivity index (χ1n) is 5.26. The van der Waals surface area contributed by atoms with Crippen LogP contribution in [-0.2, 0) is 10.8 Å². The molecule has 1 saturated carbocycles. The van der Waals surface area contributed by atoms with Gasteiger partial charge >= 0.3 is 0 Å². The van der Waals surface area contributed by atoms with E-state index in [0.717, 1.165) is 31.4 Å². The summed E-state index contributed by atoms with van der Waals surface area (Å²) in [7, 11) is -0.626. The van der Waals surface area contributed by atoms with Gasteiger partial charge in [0.2, 0.25) is 0 Å². The molecular formula is C10H21NOS. The Morgan fingerprint density at radius 2 is 2.23 bits per heavy atom. The average Bonchev–Trinajstić information content (AvgIpc) is 2.51. The van der Waals surface area contributed by atoms with Crippen LogP contribution in [0.3, 0.4) is 0 Å². The van der Waals surface area contributed by atoms with Gasteiger partial charge in [0.25, 0.3) is 0 Å². The number of nitrogens with two attached hydrogens (primary N) is 1. The monoisotopic (exact) mass is 203 g/mol. The third-order valence-electron chi connectivity index (χ3n) is 2.94. The molecule has 0 bridgehead atoms. The van der Waals surface area contributed by atoms with Crippen LogP contribution in [0.5, 0.6) is 0 Å². The van der Waals surface area contributed by atoms with Crippen LogP contribution in [0.1, 0.15) is 39.5 Å². The molecule has 2 nitrogen and oxygen atoms in total. The van der Waals surface area contributed by atoms with E-state index < -0.39 is 10.8 Å². The second-order valence-electron chi connectivity index (χ2n) is 4.26. The van der Waals surface area contributed by atoms with Crippen molar-refractivity contribution in [1.82, 2.24) is 0 Å². The predicted octanol–water partition coefficient (Wildman–Crippen LogP) is 1.66. The molecule has 1 aliphatic carbocycles. The van der Waals surface area contributed by atoms with Gasteiger partial charge in [-0.1, -0.05) is 20.3 Å². The van der Waals surface area contributed by atoms with Gasteiger partial charge in [-0.15, -0.1) is 0 Å². The Balaban J connectivity index is 2.31. The summed E-state index contributed by atoms with van der Waals surface area (Å²) >= 11 is 0. The lowest BCUT2D eigenvalue weighted by Gasteiger charge is -2.13. The molecular weight excluding hydrogens is 182 g/mol. The summed E-state index contributed by atoms with van der Waals surface area (Å²) < 4.78 is 11.8. The normalized spacial score (nSPS) is 33.2. The summed E-state index contributed by atoms with van der Waals surface area (Å²) in [6.45, 7) is 4.33. The van der Waals surface area contributed by atoms with Crippen molar-refractivity contribution in [2.75, 3.05) is 5.75 Å². The van der Waals surface area contributed by atoms with Crippen LogP contribution in [0.15, 0.2) is 0 Å². The molecule has 0 heterocycles. The van der Waals surface area contributed by atoms with Crippen LogP contribution in [0.2, 0.25) is 0 Å². The minimum absolute atomic E-state index is 0.311. The Morgan fingerprint density at radius 1 is 1.54 bits per heavy atom. The molecule has 4 atom stereocenters. The van der Waals surface area contributed by atoms with Gasteiger partial charge in [-0.25, -0.2) is 0 Å². The highest BCUT2D eigenvalue weighted by atomic mass is 32.2. The summed E-state index contributed by atoms with van der Waals surface area (Å²) in [5, 5.41) is 0.393. The zero-order chi connectivity index (χ0) is 9.84. The maximum absolute atomic E-state index is 11.8. The van der Waals surface area contributed by atoms with Crippen LogP contribution >= 0.6 is 0 Å². The van der Waals surface area contributed by atoms with Gasteiger partial charge < -0.3 is 5.73 Å². The van der Waals surface area contributed by atoms with E-state index in [1.807, 2.05) is 0 Å². The second-order valence-corrected chi connectivity index (χ2v) is 6.02. The molecule has 3 heteroatoms. The van der Waals surface area contributed by atoms with Crippen molar-refractivity contribution >= 4 is 10.8 Å². The fourth-order valence-corrected chi connectivity index (χ4v) is 3.68. The van der Waals surface area contributed by atoms with E-state index >= 15 is 0 Å². The van der Waals surface area contributed by atoms with Gasteiger partial charge in [0.05, 0.1) is 0 Å². The Labute approximate surface area is 83.7 Å². The zero-order valence-corrected chi connectivity index (χ0v) is 9.48. The molecule has 0 aromatic heterocycles. The second kappa shape index (κ2) is 5.11. The Hall–Kier alpha value is 0.110. The van der Waals surface area contributed by atoms with Gasteiger partial charge in [0.1, 0.15) is 0 Å². The predicted molar refractivity (Wildman–Crippen MR) is 58.1 cm³/mol. The van der Waals surface area contributed by atoms with Crippen LogP contribution in [-0.4, -0.2) is 21.3 Å². The first-order valence-corrected chi connectivity index (χ1v) is 6.64. The van der Waals surface area contributed by atoms with Gasteiger partial charge in [-0.05, 0) is 25.2 Å². The SMILES string of the molecule is CCC(C)CS(=O)C1CCC(N)C1. The fourth-order valence-electron chi connectivity index (χ4n) is 1.75.